The van der Waals surface area contributed by atoms with Gasteiger partial charge in [-0.3, -0.25) is 0 Å². The second-order valence-corrected chi connectivity index (χ2v) is 7.82. The number of hydrogen-bond donors (Lipinski definition) is 1. The van der Waals surface area contributed by atoms with Gasteiger partial charge in [-0.15, -0.1) is 0 Å². The van der Waals surface area contributed by atoms with Crippen molar-refractivity contribution in [1.29, 1.82) is 0 Å². The lowest BCUT2D eigenvalue weighted by atomic mass is 10.2. The lowest BCUT2D eigenvalue weighted by molar-refractivity contribution is -0.149. The molecule has 2 aromatic heterocycles. The SMILES string of the molecule is CS(=O)(=O)c1ccc(-n2nc3cc(C(F)(F)F)nc(C(F)(F)F)c3c2N)cc1. The number of nitrogens with zero attached hydrogens (tertiary/aromatic N) is 3. The first-order valence-electron chi connectivity index (χ1n) is 7.34. The van der Waals surface area contributed by atoms with Crippen LogP contribution in [0.15, 0.2) is 35.2 Å². The fourth-order valence-corrected chi connectivity index (χ4v) is 3.14. The zero-order valence-corrected chi connectivity index (χ0v) is 14.6. The Morgan fingerprint density at radius 3 is 2.04 bits per heavy atom. The standard InChI is InChI=1S/C15H10F6N4O2S/c1-28(26,27)8-4-2-7(3-5-8)25-13(22)11-9(24-25)6-10(14(16,17)18)23-12(11)15(19,20)21/h2-6H,22H2,1H3. The monoisotopic (exact) mass is 424 g/mol. The van der Waals surface area contributed by atoms with E-state index in [1.807, 2.05) is 0 Å². The van der Waals surface area contributed by atoms with Crippen LogP contribution in [0.3, 0.4) is 0 Å². The Kier molecular flexibility index (Phi) is 4.33. The van der Waals surface area contributed by atoms with Crippen molar-refractivity contribution in [1.82, 2.24) is 14.8 Å². The molecule has 28 heavy (non-hydrogen) atoms. The number of aromatic nitrogens is 3. The fourth-order valence-electron chi connectivity index (χ4n) is 2.51. The first-order chi connectivity index (χ1) is 12.7. The Bertz CT molecular complexity index is 1160. The molecular formula is C15H10F6N4O2S. The molecule has 13 heteroatoms. The molecule has 2 heterocycles. The van der Waals surface area contributed by atoms with Crippen LogP contribution in [0.5, 0.6) is 0 Å². The van der Waals surface area contributed by atoms with Gasteiger partial charge in [0.15, 0.2) is 15.5 Å². The third-order valence-corrected chi connectivity index (χ3v) is 4.89. The molecule has 0 radical (unpaired) electrons. The van der Waals surface area contributed by atoms with E-state index in [-0.39, 0.29) is 10.6 Å². The summed E-state index contributed by atoms with van der Waals surface area (Å²) < 4.78 is 102. The number of nitrogens with two attached hydrogens (primary N) is 1. The van der Waals surface area contributed by atoms with Gasteiger partial charge in [-0.2, -0.15) is 31.4 Å². The van der Waals surface area contributed by atoms with Crippen LogP contribution in [0, 0.1) is 0 Å². The number of sulfone groups is 1. The van der Waals surface area contributed by atoms with Crippen LogP contribution in [0.1, 0.15) is 11.4 Å². The smallest absolute Gasteiger partial charge is 0.383 e. The van der Waals surface area contributed by atoms with Gasteiger partial charge in [-0.05, 0) is 30.3 Å². The molecule has 0 aliphatic rings. The first kappa shape index (κ1) is 19.9. The summed E-state index contributed by atoms with van der Waals surface area (Å²) in [6, 6.07) is 5.12. The van der Waals surface area contributed by atoms with Crippen molar-refractivity contribution < 1.29 is 34.8 Å². The Morgan fingerprint density at radius 1 is 1.00 bits per heavy atom. The molecule has 0 bridgehead atoms. The highest BCUT2D eigenvalue weighted by Gasteiger charge is 2.41. The minimum atomic E-state index is -5.21. The van der Waals surface area contributed by atoms with Crippen molar-refractivity contribution in [2.45, 2.75) is 17.2 Å². The van der Waals surface area contributed by atoms with Gasteiger partial charge in [-0.1, -0.05) is 0 Å². The number of halogens is 6. The normalized spacial score (nSPS) is 13.2. The predicted octanol–water partition coefficient (Wildman–Crippen LogP) is 3.44. The number of nitrogen functional groups attached to an aromatic ring is 1. The molecule has 6 nitrogen and oxygen atoms in total. The Hall–Kier alpha value is -2.83. The second-order valence-electron chi connectivity index (χ2n) is 5.81. The van der Waals surface area contributed by atoms with Crippen LogP contribution in [-0.4, -0.2) is 29.4 Å². The molecule has 3 aromatic rings. The average molecular weight is 424 g/mol. The molecule has 0 aliphatic carbocycles. The molecule has 150 valence electrons. The van der Waals surface area contributed by atoms with Gasteiger partial charge in [0.05, 0.1) is 21.5 Å². The van der Waals surface area contributed by atoms with Gasteiger partial charge in [0, 0.05) is 6.26 Å². The average Bonchev–Trinajstić information content (AvgIpc) is 2.89. The largest absolute Gasteiger partial charge is 0.434 e. The molecule has 1 aromatic carbocycles. The maximum atomic E-state index is 13.3. The first-order valence-corrected chi connectivity index (χ1v) is 9.23. The van der Waals surface area contributed by atoms with Gasteiger partial charge in [0.2, 0.25) is 0 Å². The number of fused-ring (bicyclic) bond motifs is 1. The minimum absolute atomic E-state index is 0.0581. The summed E-state index contributed by atoms with van der Waals surface area (Å²) in [7, 11) is -3.53. The van der Waals surface area contributed by atoms with E-state index >= 15 is 0 Å². The molecule has 0 amide bonds. The maximum Gasteiger partial charge on any atom is 0.434 e. The summed E-state index contributed by atoms with van der Waals surface area (Å²) in [6.45, 7) is 0. The molecule has 0 spiro atoms. The quantitative estimate of drug-likeness (QED) is 0.637. The van der Waals surface area contributed by atoms with E-state index in [0.717, 1.165) is 10.9 Å². The van der Waals surface area contributed by atoms with Gasteiger partial charge in [0.25, 0.3) is 0 Å². The van der Waals surface area contributed by atoms with Gasteiger partial charge >= 0.3 is 12.4 Å². The molecule has 0 saturated heterocycles. The zero-order chi connectivity index (χ0) is 21.1. The number of hydrogen-bond acceptors (Lipinski definition) is 5. The lowest BCUT2D eigenvalue weighted by Gasteiger charge is -2.11. The predicted molar refractivity (Wildman–Crippen MR) is 86.4 cm³/mol. The van der Waals surface area contributed by atoms with Crippen LogP contribution < -0.4 is 5.73 Å². The maximum absolute atomic E-state index is 13.3. The lowest BCUT2D eigenvalue weighted by Crippen LogP contribution is -2.15. The molecule has 0 atom stereocenters. The molecular weight excluding hydrogens is 414 g/mol. The van der Waals surface area contributed by atoms with Gasteiger partial charge in [0.1, 0.15) is 11.5 Å². The Morgan fingerprint density at radius 2 is 1.57 bits per heavy atom. The third kappa shape index (κ3) is 3.48. The number of benzene rings is 1. The van der Waals surface area contributed by atoms with E-state index < -0.39 is 50.3 Å². The van der Waals surface area contributed by atoms with Crippen LogP contribution in [-0.2, 0) is 22.2 Å². The highest BCUT2D eigenvalue weighted by molar-refractivity contribution is 7.90. The van der Waals surface area contributed by atoms with Crippen molar-refractivity contribution in [2.24, 2.45) is 0 Å². The van der Waals surface area contributed by atoms with Crippen LogP contribution in [0.4, 0.5) is 32.2 Å². The molecule has 0 fully saturated rings. The van der Waals surface area contributed by atoms with Crippen molar-refractivity contribution in [3.05, 3.63) is 41.7 Å². The van der Waals surface area contributed by atoms with E-state index in [4.69, 9.17) is 5.73 Å². The van der Waals surface area contributed by atoms with E-state index in [1.54, 1.807) is 0 Å². The summed E-state index contributed by atoms with van der Waals surface area (Å²) in [4.78, 5) is 2.63. The van der Waals surface area contributed by atoms with Crippen molar-refractivity contribution >= 4 is 26.6 Å². The molecule has 0 saturated carbocycles. The Labute approximate surface area is 153 Å². The van der Waals surface area contributed by atoms with Crippen LogP contribution in [0.2, 0.25) is 0 Å². The number of anilines is 1. The topological polar surface area (TPSA) is 90.9 Å². The van der Waals surface area contributed by atoms with E-state index in [9.17, 15) is 34.8 Å². The van der Waals surface area contributed by atoms with Crippen molar-refractivity contribution in [2.75, 3.05) is 12.0 Å². The van der Waals surface area contributed by atoms with Crippen molar-refractivity contribution in [3.63, 3.8) is 0 Å². The molecule has 0 aliphatic heterocycles. The van der Waals surface area contributed by atoms with Gasteiger partial charge in [-0.25, -0.2) is 18.1 Å². The van der Waals surface area contributed by atoms with E-state index in [2.05, 4.69) is 10.1 Å². The number of pyridine rings is 1. The molecule has 3 rings (SSSR count). The minimum Gasteiger partial charge on any atom is -0.383 e. The highest BCUT2D eigenvalue weighted by Crippen LogP contribution is 2.40. The van der Waals surface area contributed by atoms with Crippen molar-refractivity contribution in [3.8, 4) is 5.69 Å². The van der Waals surface area contributed by atoms with Crippen LogP contribution in [0.25, 0.3) is 16.6 Å². The summed E-state index contributed by atoms with van der Waals surface area (Å²) in [5, 5.41) is 2.94. The van der Waals surface area contributed by atoms with E-state index in [0.29, 0.717) is 6.07 Å². The summed E-state index contributed by atoms with van der Waals surface area (Å²) in [5.74, 6) is -0.587. The van der Waals surface area contributed by atoms with Gasteiger partial charge < -0.3 is 5.73 Å². The Balaban J connectivity index is 2.28. The second kappa shape index (κ2) is 6.09. The number of rotatable bonds is 2. The van der Waals surface area contributed by atoms with E-state index in [1.165, 1.54) is 24.3 Å². The third-order valence-electron chi connectivity index (χ3n) is 3.76. The molecule has 0 unspecified atom stereocenters. The zero-order valence-electron chi connectivity index (χ0n) is 13.8. The molecule has 2 N–H and O–H groups in total. The highest BCUT2D eigenvalue weighted by atomic mass is 32.2. The summed E-state index contributed by atoms with van der Waals surface area (Å²) in [5.41, 5.74) is 1.55. The summed E-state index contributed by atoms with van der Waals surface area (Å²) in [6.07, 6.45) is -9.37. The fraction of sp³-hybridized carbons (Fsp3) is 0.200. The summed E-state index contributed by atoms with van der Waals surface area (Å²) >= 11 is 0. The number of alkyl halides is 6. The van der Waals surface area contributed by atoms with Crippen LogP contribution >= 0.6 is 0 Å².